The van der Waals surface area contributed by atoms with Gasteiger partial charge in [-0.05, 0) is 30.3 Å². The maximum absolute atomic E-state index is 12.1. The van der Waals surface area contributed by atoms with Crippen LogP contribution in [0.3, 0.4) is 0 Å². The Morgan fingerprint density at radius 3 is 2.52 bits per heavy atom. The number of rotatable bonds is 5. The number of halogens is 2. The number of nitrogens with zero attached hydrogens (tertiary/aromatic N) is 2. The van der Waals surface area contributed by atoms with E-state index in [0.29, 0.717) is 27.0 Å². The Balaban J connectivity index is 2.06. The second-order valence-electron chi connectivity index (χ2n) is 5.23. The third kappa shape index (κ3) is 4.96. The third-order valence-electron chi connectivity index (χ3n) is 3.46. The molecule has 2 aromatic rings. The minimum atomic E-state index is -0.279. The highest BCUT2D eigenvalue weighted by atomic mass is 35.5. The minimum absolute atomic E-state index is 0.0690. The Labute approximate surface area is 155 Å². The van der Waals surface area contributed by atoms with E-state index < -0.39 is 0 Å². The topological polar surface area (TPSA) is 73.2 Å². The highest BCUT2D eigenvalue weighted by molar-refractivity contribution is 6.42. The summed E-state index contributed by atoms with van der Waals surface area (Å²) in [4.78, 5) is 25.5. The smallest absolute Gasteiger partial charge is 0.226 e. The Hall–Kier alpha value is -2.55. The molecule has 2 rings (SSSR count). The average Bonchev–Trinajstić information content (AvgIpc) is 2.58. The molecule has 0 heterocycles. The average molecular weight is 376 g/mol. The molecule has 0 aromatic heterocycles. The molecule has 2 aromatic carbocycles. The molecule has 25 heavy (non-hydrogen) atoms. The van der Waals surface area contributed by atoms with Crippen LogP contribution in [0.25, 0.3) is 0 Å². The van der Waals surface area contributed by atoms with Crippen molar-refractivity contribution in [2.45, 2.75) is 13.3 Å². The number of nitrogens with one attached hydrogen (secondary N) is 1. The van der Waals surface area contributed by atoms with Crippen molar-refractivity contribution in [3.05, 3.63) is 58.1 Å². The number of para-hydroxylation sites is 1. The van der Waals surface area contributed by atoms with Gasteiger partial charge in [-0.1, -0.05) is 35.3 Å². The van der Waals surface area contributed by atoms with Gasteiger partial charge in [0.05, 0.1) is 21.3 Å². The molecule has 0 saturated heterocycles. The monoisotopic (exact) mass is 375 g/mol. The van der Waals surface area contributed by atoms with Gasteiger partial charge in [0.1, 0.15) is 6.07 Å². The van der Waals surface area contributed by atoms with Crippen LogP contribution in [0.1, 0.15) is 18.9 Å². The summed E-state index contributed by atoms with van der Waals surface area (Å²) < 4.78 is 0. The molecule has 7 heteroatoms. The fourth-order valence-electron chi connectivity index (χ4n) is 2.26. The van der Waals surface area contributed by atoms with Crippen molar-refractivity contribution >= 4 is 46.4 Å². The maximum atomic E-state index is 12.1. The van der Waals surface area contributed by atoms with E-state index in [4.69, 9.17) is 23.2 Å². The lowest BCUT2D eigenvalue weighted by Gasteiger charge is -2.22. The zero-order valence-corrected chi connectivity index (χ0v) is 14.9. The van der Waals surface area contributed by atoms with Crippen LogP contribution < -0.4 is 10.2 Å². The van der Waals surface area contributed by atoms with E-state index in [1.54, 1.807) is 42.5 Å². The third-order valence-corrected chi connectivity index (χ3v) is 4.20. The summed E-state index contributed by atoms with van der Waals surface area (Å²) in [6, 6.07) is 13.6. The lowest BCUT2D eigenvalue weighted by Crippen LogP contribution is -2.32. The standard InChI is InChI=1S/C18H15Cl2N3O2/c1-12(24)23(17-5-3-2-4-13(17)11-21)9-8-18(25)22-14-6-7-15(19)16(20)10-14/h2-7,10H,8-9H2,1H3,(H,22,25). The number of anilines is 2. The van der Waals surface area contributed by atoms with Crippen LogP contribution in [0.15, 0.2) is 42.5 Å². The normalized spacial score (nSPS) is 10.0. The van der Waals surface area contributed by atoms with Crippen molar-refractivity contribution in [1.82, 2.24) is 0 Å². The summed E-state index contributed by atoms with van der Waals surface area (Å²) in [6.45, 7) is 1.55. The van der Waals surface area contributed by atoms with Gasteiger partial charge in [0.25, 0.3) is 0 Å². The molecule has 0 unspecified atom stereocenters. The largest absolute Gasteiger partial charge is 0.326 e. The Kier molecular flexibility index (Phi) is 6.40. The van der Waals surface area contributed by atoms with Gasteiger partial charge in [-0.15, -0.1) is 0 Å². The van der Waals surface area contributed by atoms with Crippen molar-refractivity contribution in [3.63, 3.8) is 0 Å². The van der Waals surface area contributed by atoms with Gasteiger partial charge >= 0.3 is 0 Å². The molecule has 0 saturated carbocycles. The first-order chi connectivity index (χ1) is 11.9. The first kappa shape index (κ1) is 18.8. The van der Waals surface area contributed by atoms with Crippen molar-refractivity contribution < 1.29 is 9.59 Å². The molecule has 1 N–H and O–H groups in total. The van der Waals surface area contributed by atoms with Gasteiger partial charge < -0.3 is 10.2 Å². The summed E-state index contributed by atoms with van der Waals surface area (Å²) in [5.74, 6) is -0.524. The fraction of sp³-hybridized carbons (Fsp3) is 0.167. The van der Waals surface area contributed by atoms with Crippen molar-refractivity contribution in [2.75, 3.05) is 16.8 Å². The number of hydrogen-bond acceptors (Lipinski definition) is 3. The van der Waals surface area contributed by atoms with Crippen LogP contribution in [-0.4, -0.2) is 18.4 Å². The molecule has 2 amide bonds. The number of carbonyl (C=O) groups excluding carboxylic acids is 2. The van der Waals surface area contributed by atoms with E-state index in [1.807, 2.05) is 6.07 Å². The van der Waals surface area contributed by atoms with Gasteiger partial charge in [-0.3, -0.25) is 9.59 Å². The molecule has 0 atom stereocenters. The lowest BCUT2D eigenvalue weighted by molar-refractivity contribution is -0.117. The number of hydrogen-bond donors (Lipinski definition) is 1. The van der Waals surface area contributed by atoms with E-state index in [0.717, 1.165) is 0 Å². The molecule has 0 spiro atoms. The number of carbonyl (C=O) groups is 2. The van der Waals surface area contributed by atoms with Gasteiger partial charge in [0, 0.05) is 25.6 Å². The van der Waals surface area contributed by atoms with Crippen LogP contribution in [0.5, 0.6) is 0 Å². The molecule has 0 aliphatic carbocycles. The summed E-state index contributed by atoms with van der Waals surface area (Å²) in [6.07, 6.45) is 0.0690. The molecular formula is C18H15Cl2N3O2. The van der Waals surface area contributed by atoms with Crippen LogP contribution in [0.4, 0.5) is 11.4 Å². The molecule has 5 nitrogen and oxygen atoms in total. The predicted octanol–water partition coefficient (Wildman–Crippen LogP) is 4.25. The highest BCUT2D eigenvalue weighted by Crippen LogP contribution is 2.25. The van der Waals surface area contributed by atoms with Crippen molar-refractivity contribution in [3.8, 4) is 6.07 Å². The number of amides is 2. The number of benzene rings is 2. The zero-order valence-electron chi connectivity index (χ0n) is 13.4. The minimum Gasteiger partial charge on any atom is -0.326 e. The predicted molar refractivity (Wildman–Crippen MR) is 98.9 cm³/mol. The van der Waals surface area contributed by atoms with Crippen LogP contribution in [-0.2, 0) is 9.59 Å². The zero-order chi connectivity index (χ0) is 18.4. The van der Waals surface area contributed by atoms with E-state index >= 15 is 0 Å². The summed E-state index contributed by atoms with van der Waals surface area (Å²) in [5, 5.41) is 12.6. The molecule has 0 bridgehead atoms. The summed E-state index contributed by atoms with van der Waals surface area (Å²) in [5.41, 5.74) is 1.38. The van der Waals surface area contributed by atoms with Gasteiger partial charge in [-0.25, -0.2) is 0 Å². The lowest BCUT2D eigenvalue weighted by atomic mass is 10.1. The quantitative estimate of drug-likeness (QED) is 0.848. The first-order valence-electron chi connectivity index (χ1n) is 7.44. The molecule has 0 aliphatic rings. The molecule has 128 valence electrons. The molecule has 0 radical (unpaired) electrons. The molecule has 0 fully saturated rings. The Bertz CT molecular complexity index is 846. The molecule has 0 aliphatic heterocycles. The van der Waals surface area contributed by atoms with E-state index in [1.165, 1.54) is 11.8 Å². The van der Waals surface area contributed by atoms with Crippen LogP contribution in [0.2, 0.25) is 10.0 Å². The summed E-state index contributed by atoms with van der Waals surface area (Å²) in [7, 11) is 0. The van der Waals surface area contributed by atoms with E-state index in [-0.39, 0.29) is 24.8 Å². The van der Waals surface area contributed by atoms with Crippen LogP contribution >= 0.6 is 23.2 Å². The first-order valence-corrected chi connectivity index (χ1v) is 8.20. The number of nitriles is 1. The molecular weight excluding hydrogens is 361 g/mol. The second kappa shape index (κ2) is 8.52. The maximum Gasteiger partial charge on any atom is 0.226 e. The highest BCUT2D eigenvalue weighted by Gasteiger charge is 2.16. The fourth-order valence-corrected chi connectivity index (χ4v) is 2.56. The van der Waals surface area contributed by atoms with Crippen LogP contribution in [0, 0.1) is 11.3 Å². The van der Waals surface area contributed by atoms with E-state index in [9.17, 15) is 14.9 Å². The summed E-state index contributed by atoms with van der Waals surface area (Å²) >= 11 is 11.7. The Morgan fingerprint density at radius 1 is 1.16 bits per heavy atom. The SMILES string of the molecule is CC(=O)N(CCC(=O)Nc1ccc(Cl)c(Cl)c1)c1ccccc1C#N. The van der Waals surface area contributed by atoms with E-state index in [2.05, 4.69) is 5.32 Å². The van der Waals surface area contributed by atoms with Gasteiger partial charge in [0.2, 0.25) is 11.8 Å². The Morgan fingerprint density at radius 2 is 1.88 bits per heavy atom. The van der Waals surface area contributed by atoms with Gasteiger partial charge in [-0.2, -0.15) is 5.26 Å². The van der Waals surface area contributed by atoms with Gasteiger partial charge in [0.15, 0.2) is 0 Å². The van der Waals surface area contributed by atoms with Crippen molar-refractivity contribution in [2.24, 2.45) is 0 Å². The van der Waals surface area contributed by atoms with Crippen molar-refractivity contribution in [1.29, 1.82) is 5.26 Å². The second-order valence-corrected chi connectivity index (χ2v) is 6.04.